The Hall–Kier alpha value is -4.79. The minimum absolute atomic E-state index is 0.321. The summed E-state index contributed by atoms with van der Waals surface area (Å²) in [5.74, 6) is 1.87. The van der Waals surface area contributed by atoms with E-state index in [9.17, 15) is 4.79 Å². The number of benzene rings is 2. The third-order valence-corrected chi connectivity index (χ3v) is 6.20. The molecule has 9 nitrogen and oxygen atoms in total. The van der Waals surface area contributed by atoms with Gasteiger partial charge in [0.2, 0.25) is 5.82 Å². The highest BCUT2D eigenvalue weighted by Gasteiger charge is 2.19. The van der Waals surface area contributed by atoms with Crippen LogP contribution in [0.4, 0.5) is 0 Å². The zero-order valence-corrected chi connectivity index (χ0v) is 21.4. The second kappa shape index (κ2) is 11.5. The van der Waals surface area contributed by atoms with Gasteiger partial charge < -0.3 is 13.9 Å². The Labute approximate surface area is 220 Å². The number of ether oxygens (including phenoxy) is 1. The molecule has 0 spiro atoms. The molecular formula is C29H29N7O2. The predicted molar refractivity (Wildman–Crippen MR) is 145 cm³/mol. The Bertz CT molecular complexity index is 1530. The first-order valence-corrected chi connectivity index (χ1v) is 12.7. The number of hydrogen-bond acceptors (Lipinski definition) is 6. The molecule has 5 rings (SSSR count). The van der Waals surface area contributed by atoms with E-state index in [1.807, 2.05) is 59.4 Å². The van der Waals surface area contributed by atoms with E-state index in [-0.39, 0.29) is 5.97 Å². The number of aromatic nitrogens is 7. The van der Waals surface area contributed by atoms with Crippen molar-refractivity contribution in [3.8, 4) is 28.3 Å². The van der Waals surface area contributed by atoms with Crippen LogP contribution in [-0.4, -0.2) is 47.3 Å². The van der Waals surface area contributed by atoms with Crippen LogP contribution in [0.15, 0.2) is 79.1 Å². The number of H-pyrrole nitrogens is 1. The van der Waals surface area contributed by atoms with Crippen molar-refractivity contribution in [3.63, 3.8) is 0 Å². The number of aryl methyl sites for hydroxylation is 1. The van der Waals surface area contributed by atoms with Crippen molar-refractivity contribution < 1.29 is 9.53 Å². The third kappa shape index (κ3) is 5.17. The molecule has 2 aromatic carbocycles. The standard InChI is InChI=1S/C29H29N7O2/c1-3-11-26-30-29(35-18-9-10-19-35)25(16-17-27(37)38-4-2)36(26)20-21-12-5-6-13-22(21)23-14-7-8-15-24(23)28-31-33-34-32-28/h5-10,12-19H,3-4,11,20H2,1-2H3,(H,31,32,33,34). The summed E-state index contributed by atoms with van der Waals surface area (Å²) in [5.41, 5.74) is 4.90. The predicted octanol–water partition coefficient (Wildman–Crippen LogP) is 5.10. The highest BCUT2D eigenvalue weighted by atomic mass is 16.5. The van der Waals surface area contributed by atoms with E-state index >= 15 is 0 Å². The molecule has 0 aliphatic heterocycles. The number of nitrogens with one attached hydrogen (secondary N) is 1. The normalized spacial score (nSPS) is 11.3. The summed E-state index contributed by atoms with van der Waals surface area (Å²) in [6.07, 6.45) is 8.92. The fourth-order valence-electron chi connectivity index (χ4n) is 4.54. The molecule has 38 heavy (non-hydrogen) atoms. The second-order valence-corrected chi connectivity index (χ2v) is 8.69. The summed E-state index contributed by atoms with van der Waals surface area (Å²) in [4.78, 5) is 17.3. The molecule has 192 valence electrons. The van der Waals surface area contributed by atoms with Gasteiger partial charge in [0.25, 0.3) is 0 Å². The molecule has 1 N–H and O–H groups in total. The first-order chi connectivity index (χ1) is 18.7. The molecule has 0 unspecified atom stereocenters. The van der Waals surface area contributed by atoms with Crippen molar-refractivity contribution in [2.24, 2.45) is 0 Å². The van der Waals surface area contributed by atoms with E-state index in [2.05, 4.69) is 50.3 Å². The number of nitrogens with zero attached hydrogens (tertiary/aromatic N) is 6. The van der Waals surface area contributed by atoms with Gasteiger partial charge in [0.15, 0.2) is 5.82 Å². The molecule has 3 aromatic heterocycles. The van der Waals surface area contributed by atoms with Gasteiger partial charge in [-0.05, 0) is 53.5 Å². The van der Waals surface area contributed by atoms with Gasteiger partial charge >= 0.3 is 5.97 Å². The van der Waals surface area contributed by atoms with Crippen molar-refractivity contribution in [2.45, 2.75) is 33.2 Å². The quantitative estimate of drug-likeness (QED) is 0.208. The Morgan fingerprint density at radius 1 is 0.974 bits per heavy atom. The van der Waals surface area contributed by atoms with Crippen LogP contribution >= 0.6 is 0 Å². The molecule has 0 bridgehead atoms. The van der Waals surface area contributed by atoms with Gasteiger partial charge in [-0.3, -0.25) is 0 Å². The minimum atomic E-state index is -0.384. The van der Waals surface area contributed by atoms with Crippen LogP contribution in [0.1, 0.15) is 37.4 Å². The first kappa shape index (κ1) is 24.9. The smallest absolute Gasteiger partial charge is 0.330 e. The van der Waals surface area contributed by atoms with Gasteiger partial charge in [-0.25, -0.2) is 9.78 Å². The molecular weight excluding hydrogens is 478 g/mol. The van der Waals surface area contributed by atoms with E-state index < -0.39 is 0 Å². The van der Waals surface area contributed by atoms with E-state index in [1.54, 1.807) is 13.0 Å². The van der Waals surface area contributed by atoms with Crippen LogP contribution in [0, 0.1) is 0 Å². The maximum atomic E-state index is 12.2. The van der Waals surface area contributed by atoms with Crippen LogP contribution in [0.25, 0.3) is 34.4 Å². The van der Waals surface area contributed by atoms with Crippen molar-refractivity contribution in [1.29, 1.82) is 0 Å². The third-order valence-electron chi connectivity index (χ3n) is 6.20. The van der Waals surface area contributed by atoms with Gasteiger partial charge in [-0.2, -0.15) is 5.21 Å². The SMILES string of the molecule is CCCc1nc(-n2cccc2)c(C=CC(=O)OCC)n1Cc1ccccc1-c1ccccc1-c1nn[nH]n1. The van der Waals surface area contributed by atoms with Gasteiger partial charge in [0.1, 0.15) is 5.82 Å². The van der Waals surface area contributed by atoms with Crippen molar-refractivity contribution in [2.75, 3.05) is 6.61 Å². The van der Waals surface area contributed by atoms with Gasteiger partial charge in [0.05, 0.1) is 18.8 Å². The number of rotatable bonds is 10. The molecule has 0 amide bonds. The molecule has 0 aliphatic carbocycles. The Morgan fingerprint density at radius 3 is 2.42 bits per heavy atom. The molecule has 0 saturated carbocycles. The maximum Gasteiger partial charge on any atom is 0.330 e. The highest BCUT2D eigenvalue weighted by molar-refractivity contribution is 5.87. The van der Waals surface area contributed by atoms with E-state index in [0.717, 1.165) is 52.4 Å². The summed E-state index contributed by atoms with van der Waals surface area (Å²) < 4.78 is 9.31. The summed E-state index contributed by atoms with van der Waals surface area (Å²) in [5, 5.41) is 14.7. The lowest BCUT2D eigenvalue weighted by molar-refractivity contribution is -0.137. The fourth-order valence-corrected chi connectivity index (χ4v) is 4.54. The average molecular weight is 508 g/mol. The molecule has 0 fully saturated rings. The van der Waals surface area contributed by atoms with Gasteiger partial charge in [-0.1, -0.05) is 55.5 Å². The molecule has 0 atom stereocenters. The van der Waals surface area contributed by atoms with Crippen molar-refractivity contribution in [1.82, 2.24) is 34.7 Å². The van der Waals surface area contributed by atoms with Gasteiger partial charge in [-0.15, -0.1) is 10.2 Å². The largest absolute Gasteiger partial charge is 0.463 e. The number of tetrazole rings is 1. The van der Waals surface area contributed by atoms with E-state index in [4.69, 9.17) is 9.72 Å². The zero-order valence-electron chi connectivity index (χ0n) is 21.4. The van der Waals surface area contributed by atoms with Crippen molar-refractivity contribution in [3.05, 3.63) is 96.2 Å². The fraction of sp³-hybridized carbons (Fsp3) is 0.207. The molecule has 9 heteroatoms. The van der Waals surface area contributed by atoms with Crippen molar-refractivity contribution >= 4 is 12.0 Å². The van der Waals surface area contributed by atoms with Crippen LogP contribution in [0.5, 0.6) is 0 Å². The number of carbonyl (C=O) groups excluding carboxylic acids is 1. The lowest BCUT2D eigenvalue weighted by atomic mass is 9.95. The summed E-state index contributed by atoms with van der Waals surface area (Å²) >= 11 is 0. The molecule has 3 heterocycles. The first-order valence-electron chi connectivity index (χ1n) is 12.7. The number of carbonyl (C=O) groups is 1. The molecule has 0 aliphatic rings. The topological polar surface area (TPSA) is 104 Å². The highest BCUT2D eigenvalue weighted by Crippen LogP contribution is 2.33. The van der Waals surface area contributed by atoms with Crippen LogP contribution < -0.4 is 0 Å². The lowest BCUT2D eigenvalue weighted by Gasteiger charge is -2.16. The Kier molecular flexibility index (Phi) is 7.54. The molecule has 0 radical (unpaired) electrons. The summed E-state index contributed by atoms with van der Waals surface area (Å²) in [6, 6.07) is 20.2. The molecule has 5 aromatic rings. The number of imidazole rings is 1. The van der Waals surface area contributed by atoms with Crippen LogP contribution in [0.2, 0.25) is 0 Å². The second-order valence-electron chi connectivity index (χ2n) is 8.69. The number of aromatic amines is 1. The zero-order chi connectivity index (χ0) is 26.3. The average Bonchev–Trinajstić information content (AvgIpc) is 3.71. The number of hydrogen-bond donors (Lipinski definition) is 1. The summed E-state index contributed by atoms with van der Waals surface area (Å²) in [7, 11) is 0. The van der Waals surface area contributed by atoms with Crippen LogP contribution in [-0.2, 0) is 22.5 Å². The van der Waals surface area contributed by atoms with E-state index in [1.165, 1.54) is 6.08 Å². The van der Waals surface area contributed by atoms with Crippen LogP contribution in [0.3, 0.4) is 0 Å². The minimum Gasteiger partial charge on any atom is -0.463 e. The number of esters is 1. The Balaban J connectivity index is 1.64. The lowest BCUT2D eigenvalue weighted by Crippen LogP contribution is -2.09. The van der Waals surface area contributed by atoms with E-state index in [0.29, 0.717) is 19.0 Å². The maximum absolute atomic E-state index is 12.2. The Morgan fingerprint density at radius 2 is 1.71 bits per heavy atom. The monoisotopic (exact) mass is 507 g/mol. The van der Waals surface area contributed by atoms with Gasteiger partial charge in [0, 0.05) is 30.5 Å². The summed E-state index contributed by atoms with van der Waals surface area (Å²) in [6.45, 7) is 4.81. The molecule has 0 saturated heterocycles.